The molecule has 0 amide bonds. The van der Waals surface area contributed by atoms with Gasteiger partial charge in [0, 0.05) is 18.0 Å². The number of H-pyrrole nitrogens is 1. The summed E-state index contributed by atoms with van der Waals surface area (Å²) in [5.41, 5.74) is 2.64. The van der Waals surface area contributed by atoms with Crippen molar-refractivity contribution in [2.75, 3.05) is 5.75 Å². The van der Waals surface area contributed by atoms with Gasteiger partial charge in [0.15, 0.2) is 0 Å². The molecule has 0 bridgehead atoms. The van der Waals surface area contributed by atoms with E-state index in [1.54, 1.807) is 24.3 Å². The van der Waals surface area contributed by atoms with Gasteiger partial charge in [-0.2, -0.15) is 5.26 Å². The van der Waals surface area contributed by atoms with Crippen molar-refractivity contribution in [1.82, 2.24) is 14.5 Å². The van der Waals surface area contributed by atoms with Gasteiger partial charge in [0.05, 0.1) is 16.5 Å². The second-order valence-electron chi connectivity index (χ2n) is 6.55. The molecule has 0 radical (unpaired) electrons. The zero-order chi connectivity index (χ0) is 18.8. The molecule has 6 nitrogen and oxygen atoms in total. The summed E-state index contributed by atoms with van der Waals surface area (Å²) in [6.07, 6.45) is 4.18. The van der Waals surface area contributed by atoms with Crippen LogP contribution >= 0.6 is 11.8 Å². The van der Waals surface area contributed by atoms with Crippen LogP contribution in [0.4, 0.5) is 0 Å². The molecule has 2 heterocycles. The minimum absolute atomic E-state index is 0.257. The lowest BCUT2D eigenvalue weighted by molar-refractivity contribution is 0.659. The number of fused-ring (bicyclic) bond motifs is 2. The number of pyridine rings is 1. The molecule has 4 rings (SSSR count). The monoisotopic (exact) mass is 378 g/mol. The number of nitrogens with zero attached hydrogens (tertiary/aromatic N) is 3. The van der Waals surface area contributed by atoms with E-state index in [-0.39, 0.29) is 12.1 Å². The quantitative estimate of drug-likeness (QED) is 0.705. The predicted molar refractivity (Wildman–Crippen MR) is 105 cm³/mol. The van der Waals surface area contributed by atoms with Crippen molar-refractivity contribution >= 4 is 22.7 Å². The third-order valence-corrected chi connectivity index (χ3v) is 5.80. The standard InChI is InChI=1S/C20H18N4O2S/c21-12-14-11-13-5-1-3-7-16(13)22-18(14)27-10-9-24-19(25)15-6-2-4-8-17(15)23-20(24)26/h2,4,6,8,11H,1,3,5,7,9-10H2,(H,23,26). The first kappa shape index (κ1) is 17.6. The van der Waals surface area contributed by atoms with Crippen molar-refractivity contribution in [3.8, 4) is 6.07 Å². The van der Waals surface area contributed by atoms with E-state index in [1.807, 2.05) is 6.07 Å². The minimum Gasteiger partial charge on any atom is -0.307 e. The average Bonchev–Trinajstić information content (AvgIpc) is 2.69. The van der Waals surface area contributed by atoms with Crippen molar-refractivity contribution in [3.63, 3.8) is 0 Å². The molecular weight excluding hydrogens is 360 g/mol. The van der Waals surface area contributed by atoms with Crippen LogP contribution in [0.15, 0.2) is 44.9 Å². The lowest BCUT2D eigenvalue weighted by Crippen LogP contribution is -2.35. The zero-order valence-corrected chi connectivity index (χ0v) is 15.5. The Bertz CT molecular complexity index is 1170. The number of nitriles is 1. The molecule has 0 spiro atoms. The first-order valence-corrected chi connectivity index (χ1v) is 9.93. The Balaban J connectivity index is 1.57. The second-order valence-corrected chi connectivity index (χ2v) is 7.63. The maximum Gasteiger partial charge on any atom is 0.328 e. The molecule has 1 N–H and O–H groups in total. The number of nitrogens with one attached hydrogen (secondary N) is 1. The van der Waals surface area contributed by atoms with E-state index in [9.17, 15) is 14.9 Å². The largest absolute Gasteiger partial charge is 0.328 e. The van der Waals surface area contributed by atoms with Gasteiger partial charge in [-0.25, -0.2) is 9.78 Å². The number of aryl methyl sites for hydroxylation is 2. The number of aromatic amines is 1. The number of benzene rings is 1. The van der Waals surface area contributed by atoms with Gasteiger partial charge in [0.2, 0.25) is 0 Å². The van der Waals surface area contributed by atoms with Crippen LogP contribution in [-0.4, -0.2) is 20.3 Å². The van der Waals surface area contributed by atoms with Crippen LogP contribution in [0.5, 0.6) is 0 Å². The maximum absolute atomic E-state index is 12.6. The lowest BCUT2D eigenvalue weighted by atomic mass is 9.95. The molecule has 2 aromatic heterocycles. The van der Waals surface area contributed by atoms with E-state index >= 15 is 0 Å². The SMILES string of the molecule is N#Cc1cc2c(nc1SCCn1c(=O)[nH]c3ccccc3c1=O)CCCC2. The third kappa shape index (κ3) is 3.40. The van der Waals surface area contributed by atoms with Gasteiger partial charge in [-0.15, -0.1) is 11.8 Å². The van der Waals surface area contributed by atoms with Crippen molar-refractivity contribution in [2.45, 2.75) is 37.3 Å². The second kappa shape index (κ2) is 7.41. The van der Waals surface area contributed by atoms with Crippen molar-refractivity contribution in [3.05, 3.63) is 68.0 Å². The summed E-state index contributed by atoms with van der Waals surface area (Å²) in [7, 11) is 0. The molecule has 7 heteroatoms. The van der Waals surface area contributed by atoms with E-state index in [4.69, 9.17) is 0 Å². The highest BCUT2D eigenvalue weighted by atomic mass is 32.2. The zero-order valence-electron chi connectivity index (χ0n) is 14.7. The molecule has 0 fully saturated rings. The van der Waals surface area contributed by atoms with Crippen LogP contribution in [-0.2, 0) is 19.4 Å². The number of rotatable bonds is 4. The van der Waals surface area contributed by atoms with Crippen LogP contribution in [0.1, 0.15) is 29.7 Å². The predicted octanol–water partition coefficient (Wildman–Crippen LogP) is 2.63. The summed E-state index contributed by atoms with van der Waals surface area (Å²) in [4.78, 5) is 32.2. The van der Waals surface area contributed by atoms with Crippen LogP contribution in [0.2, 0.25) is 0 Å². The Hall–Kier alpha value is -2.85. The van der Waals surface area contributed by atoms with Gasteiger partial charge < -0.3 is 4.98 Å². The van der Waals surface area contributed by atoms with Gasteiger partial charge in [-0.3, -0.25) is 9.36 Å². The Morgan fingerprint density at radius 1 is 1.22 bits per heavy atom. The molecule has 0 saturated carbocycles. The molecule has 1 aromatic carbocycles. The lowest BCUT2D eigenvalue weighted by Gasteiger charge is -2.16. The minimum atomic E-state index is -0.418. The summed E-state index contributed by atoms with van der Waals surface area (Å²) in [6.45, 7) is 0.257. The van der Waals surface area contributed by atoms with E-state index in [0.717, 1.165) is 31.4 Å². The average molecular weight is 378 g/mol. The molecule has 0 aliphatic heterocycles. The molecule has 27 heavy (non-hydrogen) atoms. The Morgan fingerprint density at radius 2 is 2.04 bits per heavy atom. The summed E-state index contributed by atoms with van der Waals surface area (Å²) in [5.74, 6) is 0.488. The number of thioether (sulfide) groups is 1. The van der Waals surface area contributed by atoms with Crippen LogP contribution in [0, 0.1) is 11.3 Å². The van der Waals surface area contributed by atoms with E-state index in [1.165, 1.54) is 21.9 Å². The van der Waals surface area contributed by atoms with Crippen molar-refractivity contribution in [1.29, 1.82) is 5.26 Å². The number of hydrogen-bond donors (Lipinski definition) is 1. The fraction of sp³-hybridized carbons (Fsp3) is 0.300. The summed E-state index contributed by atoms with van der Waals surface area (Å²) in [5, 5.41) is 10.6. The first-order valence-electron chi connectivity index (χ1n) is 8.95. The fourth-order valence-electron chi connectivity index (χ4n) is 3.44. The van der Waals surface area contributed by atoms with Crippen LogP contribution in [0.3, 0.4) is 0 Å². The van der Waals surface area contributed by atoms with Crippen molar-refractivity contribution in [2.24, 2.45) is 0 Å². The fourth-order valence-corrected chi connectivity index (χ4v) is 4.34. The van der Waals surface area contributed by atoms with E-state index < -0.39 is 5.69 Å². The Kier molecular flexibility index (Phi) is 4.82. The van der Waals surface area contributed by atoms with E-state index in [0.29, 0.717) is 27.2 Å². The molecule has 1 aliphatic rings. The van der Waals surface area contributed by atoms with Crippen LogP contribution in [0.25, 0.3) is 10.9 Å². The topological polar surface area (TPSA) is 91.5 Å². The number of para-hydroxylation sites is 1. The Labute approximate surface area is 159 Å². The van der Waals surface area contributed by atoms with Gasteiger partial charge in [-0.1, -0.05) is 12.1 Å². The molecule has 1 aliphatic carbocycles. The molecule has 0 atom stereocenters. The van der Waals surface area contributed by atoms with Gasteiger partial charge in [-0.05, 0) is 49.4 Å². The molecule has 3 aromatic rings. The van der Waals surface area contributed by atoms with Crippen LogP contribution < -0.4 is 11.2 Å². The molecule has 0 unspecified atom stereocenters. The third-order valence-electron chi connectivity index (χ3n) is 4.83. The van der Waals surface area contributed by atoms with Gasteiger partial charge in [0.1, 0.15) is 11.1 Å². The molecule has 0 saturated heterocycles. The maximum atomic E-state index is 12.6. The van der Waals surface area contributed by atoms with E-state index in [2.05, 4.69) is 16.0 Å². The molecule has 136 valence electrons. The summed E-state index contributed by atoms with van der Waals surface area (Å²) in [6, 6.07) is 11.1. The van der Waals surface area contributed by atoms with Gasteiger partial charge >= 0.3 is 5.69 Å². The first-order chi connectivity index (χ1) is 13.2. The smallest absolute Gasteiger partial charge is 0.307 e. The normalized spacial score (nSPS) is 13.3. The summed E-state index contributed by atoms with van der Waals surface area (Å²) < 4.78 is 1.21. The Morgan fingerprint density at radius 3 is 2.89 bits per heavy atom. The highest BCUT2D eigenvalue weighted by Crippen LogP contribution is 2.27. The van der Waals surface area contributed by atoms with Gasteiger partial charge in [0.25, 0.3) is 5.56 Å². The highest BCUT2D eigenvalue weighted by Gasteiger charge is 2.16. The highest BCUT2D eigenvalue weighted by molar-refractivity contribution is 7.99. The molecular formula is C20H18N4O2S. The summed E-state index contributed by atoms with van der Waals surface area (Å²) >= 11 is 1.42. The number of aromatic nitrogens is 3. The number of hydrogen-bond acceptors (Lipinski definition) is 5. The van der Waals surface area contributed by atoms with Crippen molar-refractivity contribution < 1.29 is 0 Å².